The van der Waals surface area contributed by atoms with E-state index in [0.717, 1.165) is 0 Å². The Morgan fingerprint density at radius 2 is 1.55 bits per heavy atom. The van der Waals surface area contributed by atoms with Gasteiger partial charge >= 0.3 is 18.0 Å². The molecule has 4 N–H and O–H groups in total. The quantitative estimate of drug-likeness (QED) is 0.602. The van der Waals surface area contributed by atoms with Crippen LogP contribution in [0, 0.1) is 5.92 Å². The molecule has 0 aliphatic rings. The molecular weight excluding hydrogens is 268 g/mol. The Bertz CT molecular complexity index is 306. The number of hydrogen-bond acceptors (Lipinski definition) is 6. The Balaban J connectivity index is 0. The van der Waals surface area contributed by atoms with Crippen LogP contribution in [0.25, 0.3) is 0 Å². The monoisotopic (exact) mass is 292 g/mol. The van der Waals surface area contributed by atoms with Crippen molar-refractivity contribution in [2.75, 3.05) is 19.8 Å². The van der Waals surface area contributed by atoms with E-state index in [-0.39, 0.29) is 18.5 Å². The fraction of sp³-hybridized carbons (Fsp3) is 0.750. The van der Waals surface area contributed by atoms with E-state index in [9.17, 15) is 14.4 Å². The number of ether oxygens (including phenoxy) is 2. The zero-order chi connectivity index (χ0) is 16.1. The first-order valence-corrected chi connectivity index (χ1v) is 6.31. The number of esters is 2. The molecule has 0 spiro atoms. The second-order valence-corrected chi connectivity index (χ2v) is 3.88. The first kappa shape index (κ1) is 20.5. The van der Waals surface area contributed by atoms with Crippen LogP contribution in [0.2, 0.25) is 0 Å². The molecule has 20 heavy (non-hydrogen) atoms. The number of nitrogens with one attached hydrogen (secondary N) is 1. The van der Waals surface area contributed by atoms with Crippen LogP contribution in [0.3, 0.4) is 0 Å². The highest BCUT2D eigenvalue weighted by Crippen LogP contribution is 1.95. The van der Waals surface area contributed by atoms with Crippen molar-refractivity contribution in [1.82, 2.24) is 5.32 Å². The molecule has 2 atom stereocenters. The molecule has 0 aromatic heterocycles. The van der Waals surface area contributed by atoms with Crippen LogP contribution in [0.4, 0.5) is 4.79 Å². The number of nitrogens with two attached hydrogens (primary N) is 1. The van der Waals surface area contributed by atoms with Crippen molar-refractivity contribution in [3.63, 3.8) is 0 Å². The third kappa shape index (κ3) is 12.6. The van der Waals surface area contributed by atoms with Gasteiger partial charge in [0.1, 0.15) is 6.04 Å². The molecule has 0 aliphatic carbocycles. The second kappa shape index (κ2) is 12.2. The number of rotatable bonds is 6. The largest absolute Gasteiger partial charge is 0.466 e. The molecule has 0 bridgehead atoms. The lowest BCUT2D eigenvalue weighted by atomic mass is 10.2. The number of amides is 1. The predicted octanol–water partition coefficient (Wildman–Crippen LogP) is 0.350. The summed E-state index contributed by atoms with van der Waals surface area (Å²) in [6.07, 6.45) is -1.13. The molecule has 0 aliphatic heterocycles. The molecule has 0 aromatic rings. The van der Waals surface area contributed by atoms with Crippen LogP contribution in [0.15, 0.2) is 0 Å². The number of carbonyl (C=O) groups excluding carboxylic acids is 2. The van der Waals surface area contributed by atoms with Crippen LogP contribution < -0.4 is 11.1 Å². The molecule has 2 unspecified atom stereocenters. The Kier molecular flexibility index (Phi) is 12.5. The highest BCUT2D eigenvalue weighted by molar-refractivity contribution is 5.74. The number of carboxylic acid groups (broad SMARTS) is 1. The zero-order valence-corrected chi connectivity index (χ0v) is 12.3. The van der Waals surface area contributed by atoms with E-state index >= 15 is 0 Å². The summed E-state index contributed by atoms with van der Waals surface area (Å²) in [4.78, 5) is 31.3. The van der Waals surface area contributed by atoms with Crippen molar-refractivity contribution >= 4 is 18.0 Å². The van der Waals surface area contributed by atoms with E-state index in [1.807, 2.05) is 0 Å². The third-order valence-electron chi connectivity index (χ3n) is 1.91. The molecule has 8 nitrogen and oxygen atoms in total. The minimum absolute atomic E-state index is 0.0914. The van der Waals surface area contributed by atoms with E-state index in [4.69, 9.17) is 10.8 Å². The fourth-order valence-corrected chi connectivity index (χ4v) is 0.882. The van der Waals surface area contributed by atoms with E-state index in [0.29, 0.717) is 13.2 Å². The molecule has 118 valence electrons. The van der Waals surface area contributed by atoms with Gasteiger partial charge < -0.3 is 25.6 Å². The van der Waals surface area contributed by atoms with Gasteiger partial charge in [-0.3, -0.25) is 9.59 Å². The lowest BCUT2D eigenvalue weighted by Crippen LogP contribution is -2.31. The molecule has 0 fully saturated rings. The van der Waals surface area contributed by atoms with Gasteiger partial charge in [-0.05, 0) is 20.8 Å². The maximum atomic E-state index is 10.9. The van der Waals surface area contributed by atoms with Crippen LogP contribution in [0.1, 0.15) is 27.7 Å². The van der Waals surface area contributed by atoms with E-state index < -0.39 is 18.1 Å². The minimum atomic E-state index is -1.13. The standard InChI is InChI=1S/C7H13NO4.C5H11NO2/c1-3-12-6(9)5(2)4-8-7(10)11;1-3-8-5(7)4(2)6/h5,8H,3-4H2,1-2H3,(H,10,11);4H,3,6H2,1-2H3. The molecule has 0 saturated carbocycles. The Labute approximate surface area is 118 Å². The summed E-state index contributed by atoms with van der Waals surface area (Å²) >= 11 is 0. The van der Waals surface area contributed by atoms with Crippen LogP contribution >= 0.6 is 0 Å². The van der Waals surface area contributed by atoms with Crippen LogP contribution in [-0.4, -0.2) is 48.9 Å². The number of hydrogen-bond donors (Lipinski definition) is 3. The first-order valence-electron chi connectivity index (χ1n) is 6.31. The molecule has 0 rings (SSSR count). The third-order valence-corrected chi connectivity index (χ3v) is 1.91. The zero-order valence-electron chi connectivity index (χ0n) is 12.3. The Morgan fingerprint density at radius 3 is 1.85 bits per heavy atom. The van der Waals surface area contributed by atoms with Gasteiger partial charge in [0.15, 0.2) is 0 Å². The molecule has 0 saturated heterocycles. The Morgan fingerprint density at radius 1 is 1.10 bits per heavy atom. The molecule has 0 aromatic carbocycles. The van der Waals surface area contributed by atoms with Gasteiger partial charge in [-0.2, -0.15) is 0 Å². The summed E-state index contributed by atoms with van der Waals surface area (Å²) < 4.78 is 9.20. The molecular formula is C12H24N2O6. The van der Waals surface area contributed by atoms with Gasteiger partial charge in [-0.25, -0.2) is 4.79 Å². The van der Waals surface area contributed by atoms with Crippen molar-refractivity contribution in [2.24, 2.45) is 11.7 Å². The van der Waals surface area contributed by atoms with Gasteiger partial charge in [0.05, 0.1) is 19.1 Å². The summed E-state index contributed by atoms with van der Waals surface area (Å²) in [6, 6.07) is -0.491. The lowest BCUT2D eigenvalue weighted by Gasteiger charge is -2.09. The van der Waals surface area contributed by atoms with Crippen molar-refractivity contribution in [2.45, 2.75) is 33.7 Å². The summed E-state index contributed by atoms with van der Waals surface area (Å²) in [5, 5.41) is 10.3. The minimum Gasteiger partial charge on any atom is -0.466 e. The van der Waals surface area contributed by atoms with Gasteiger partial charge in [0.25, 0.3) is 0 Å². The van der Waals surface area contributed by atoms with Gasteiger partial charge in [0.2, 0.25) is 0 Å². The van der Waals surface area contributed by atoms with E-state index in [2.05, 4.69) is 14.8 Å². The van der Waals surface area contributed by atoms with Gasteiger partial charge in [0, 0.05) is 6.54 Å². The predicted molar refractivity (Wildman–Crippen MR) is 72.1 cm³/mol. The highest BCUT2D eigenvalue weighted by atomic mass is 16.5. The average molecular weight is 292 g/mol. The average Bonchev–Trinajstić information content (AvgIpc) is 2.37. The summed E-state index contributed by atoms with van der Waals surface area (Å²) in [5.74, 6) is -1.15. The highest BCUT2D eigenvalue weighted by Gasteiger charge is 2.13. The lowest BCUT2D eigenvalue weighted by molar-refractivity contribution is -0.147. The van der Waals surface area contributed by atoms with Crippen LogP contribution in [-0.2, 0) is 19.1 Å². The van der Waals surface area contributed by atoms with Crippen molar-refractivity contribution < 1.29 is 29.0 Å². The normalized spacial score (nSPS) is 12.2. The molecule has 8 heteroatoms. The smallest absolute Gasteiger partial charge is 0.404 e. The van der Waals surface area contributed by atoms with Crippen molar-refractivity contribution in [3.8, 4) is 0 Å². The first-order chi connectivity index (χ1) is 9.26. The van der Waals surface area contributed by atoms with Gasteiger partial charge in [-0.1, -0.05) is 6.92 Å². The summed E-state index contributed by atoms with van der Waals surface area (Å²) in [6.45, 7) is 7.46. The topological polar surface area (TPSA) is 128 Å². The number of carbonyl (C=O) groups is 3. The van der Waals surface area contributed by atoms with E-state index in [1.54, 1.807) is 27.7 Å². The Hall–Kier alpha value is -1.83. The molecule has 0 radical (unpaired) electrons. The van der Waals surface area contributed by atoms with Crippen LogP contribution in [0.5, 0.6) is 0 Å². The van der Waals surface area contributed by atoms with Crippen molar-refractivity contribution in [1.29, 1.82) is 0 Å². The fourth-order valence-electron chi connectivity index (χ4n) is 0.882. The van der Waals surface area contributed by atoms with Gasteiger partial charge in [-0.15, -0.1) is 0 Å². The van der Waals surface area contributed by atoms with E-state index in [1.165, 1.54) is 0 Å². The summed E-state index contributed by atoms with van der Waals surface area (Å²) in [7, 11) is 0. The van der Waals surface area contributed by atoms with Crippen molar-refractivity contribution in [3.05, 3.63) is 0 Å². The second-order valence-electron chi connectivity index (χ2n) is 3.88. The molecule has 1 amide bonds. The molecule has 0 heterocycles. The maximum Gasteiger partial charge on any atom is 0.404 e. The maximum absolute atomic E-state index is 10.9. The SMILES string of the molecule is CCOC(=O)C(C)CNC(=O)O.CCOC(=O)C(C)N. The summed E-state index contributed by atoms with van der Waals surface area (Å²) in [5.41, 5.74) is 5.15.